The molecule has 0 saturated heterocycles. The van der Waals surface area contributed by atoms with Crippen molar-refractivity contribution in [3.05, 3.63) is 52.1 Å². The number of carbonyl (C=O) groups is 1. The number of rotatable bonds is 8. The third kappa shape index (κ3) is 4.84. The average molecular weight is 398 g/mol. The van der Waals surface area contributed by atoms with Gasteiger partial charge in [-0.05, 0) is 75.9 Å². The van der Waals surface area contributed by atoms with Gasteiger partial charge in [-0.15, -0.1) is 0 Å². The van der Waals surface area contributed by atoms with E-state index in [9.17, 15) is 4.79 Å². The molecule has 29 heavy (non-hydrogen) atoms. The van der Waals surface area contributed by atoms with E-state index in [-0.39, 0.29) is 12.0 Å². The second-order valence-corrected chi connectivity index (χ2v) is 8.20. The van der Waals surface area contributed by atoms with Crippen LogP contribution in [0.4, 0.5) is 0 Å². The quantitative estimate of drug-likeness (QED) is 0.677. The van der Waals surface area contributed by atoms with Crippen molar-refractivity contribution in [2.24, 2.45) is 0 Å². The minimum Gasteiger partial charge on any atom is -0.494 e. The molecule has 3 rings (SSSR count). The maximum absolute atomic E-state index is 10.9. The average Bonchev–Trinajstić information content (AvgIpc) is 2.96. The normalized spacial score (nSPS) is 14.2. The smallest absolute Gasteiger partial charge is 0.303 e. The molecule has 2 aromatic carbocycles. The Labute approximate surface area is 172 Å². The van der Waals surface area contributed by atoms with Crippen LogP contribution < -0.4 is 14.2 Å². The highest BCUT2D eigenvalue weighted by atomic mass is 16.5. The Bertz CT molecular complexity index is 914. The van der Waals surface area contributed by atoms with Gasteiger partial charge in [-0.25, -0.2) is 0 Å². The molecule has 5 heteroatoms. The molecule has 0 bridgehead atoms. The highest BCUT2D eigenvalue weighted by molar-refractivity contribution is 5.67. The highest BCUT2D eigenvalue weighted by Gasteiger charge is 2.32. The van der Waals surface area contributed by atoms with E-state index < -0.39 is 5.97 Å². The fraction of sp³-hybridized carbons (Fsp3) is 0.458. The van der Waals surface area contributed by atoms with Crippen molar-refractivity contribution in [2.45, 2.75) is 66.1 Å². The molecule has 1 heterocycles. The zero-order chi connectivity index (χ0) is 21.2. The summed E-state index contributed by atoms with van der Waals surface area (Å²) in [5, 5.41) is 8.93. The standard InChI is InChI=1S/C24H30O5/c1-6-27-20-11-18-13-24(4,5)29-23(18)19(12-20)14-28-21-9-7-17(8-10-22(25)26)15(2)16(21)3/h7,9,11-12H,6,8,10,13-14H2,1-5H3,(H,25,26). The molecule has 0 unspecified atom stereocenters. The Hall–Kier alpha value is -2.69. The molecule has 5 nitrogen and oxygen atoms in total. The largest absolute Gasteiger partial charge is 0.494 e. The number of aliphatic carboxylic acids is 1. The summed E-state index contributed by atoms with van der Waals surface area (Å²) >= 11 is 0. The predicted molar refractivity (Wildman–Crippen MR) is 112 cm³/mol. The van der Waals surface area contributed by atoms with Crippen molar-refractivity contribution >= 4 is 5.97 Å². The Morgan fingerprint density at radius 3 is 2.59 bits per heavy atom. The van der Waals surface area contributed by atoms with E-state index in [4.69, 9.17) is 19.3 Å². The second kappa shape index (κ2) is 8.36. The van der Waals surface area contributed by atoms with E-state index in [2.05, 4.69) is 19.9 Å². The fourth-order valence-corrected chi connectivity index (χ4v) is 3.79. The lowest BCUT2D eigenvalue weighted by atomic mass is 9.98. The second-order valence-electron chi connectivity index (χ2n) is 8.20. The van der Waals surface area contributed by atoms with Crippen molar-refractivity contribution in [3.63, 3.8) is 0 Å². The lowest BCUT2D eigenvalue weighted by Gasteiger charge is -2.19. The van der Waals surface area contributed by atoms with Gasteiger partial charge in [0, 0.05) is 24.0 Å². The summed E-state index contributed by atoms with van der Waals surface area (Å²) in [4.78, 5) is 10.9. The van der Waals surface area contributed by atoms with Crippen LogP contribution in [0.3, 0.4) is 0 Å². The topological polar surface area (TPSA) is 65.0 Å². The number of hydrogen-bond acceptors (Lipinski definition) is 4. The van der Waals surface area contributed by atoms with Crippen LogP contribution in [0.2, 0.25) is 0 Å². The lowest BCUT2D eigenvalue weighted by Crippen LogP contribution is -2.25. The van der Waals surface area contributed by atoms with E-state index in [1.165, 1.54) is 0 Å². The zero-order valence-electron chi connectivity index (χ0n) is 17.9. The molecule has 0 fully saturated rings. The summed E-state index contributed by atoms with van der Waals surface area (Å²) in [6.07, 6.45) is 1.49. The van der Waals surface area contributed by atoms with Gasteiger partial charge in [-0.3, -0.25) is 4.79 Å². The Morgan fingerprint density at radius 1 is 1.14 bits per heavy atom. The molecule has 0 atom stereocenters. The zero-order valence-corrected chi connectivity index (χ0v) is 17.9. The fourth-order valence-electron chi connectivity index (χ4n) is 3.79. The van der Waals surface area contributed by atoms with Gasteiger partial charge in [-0.2, -0.15) is 0 Å². The molecule has 0 spiro atoms. The molecule has 2 aromatic rings. The molecular formula is C24H30O5. The first-order valence-electron chi connectivity index (χ1n) is 10.1. The van der Waals surface area contributed by atoms with E-state index in [1.54, 1.807) is 0 Å². The number of carboxylic acid groups (broad SMARTS) is 1. The summed E-state index contributed by atoms with van der Waals surface area (Å²) in [6.45, 7) is 11.2. The van der Waals surface area contributed by atoms with E-state index in [0.717, 1.165) is 51.5 Å². The van der Waals surface area contributed by atoms with Crippen molar-refractivity contribution in [1.82, 2.24) is 0 Å². The Morgan fingerprint density at radius 2 is 1.90 bits per heavy atom. The number of benzene rings is 2. The number of ether oxygens (including phenoxy) is 3. The first kappa shape index (κ1) is 21.0. The van der Waals surface area contributed by atoms with Crippen LogP contribution in [0, 0.1) is 13.8 Å². The number of hydrogen-bond donors (Lipinski definition) is 1. The minimum absolute atomic E-state index is 0.129. The summed E-state index contributed by atoms with van der Waals surface area (Å²) in [7, 11) is 0. The monoisotopic (exact) mass is 398 g/mol. The predicted octanol–water partition coefficient (Wildman–Crippen LogP) is 5.01. The first-order chi connectivity index (χ1) is 13.7. The molecule has 0 aromatic heterocycles. The van der Waals surface area contributed by atoms with Crippen LogP contribution >= 0.6 is 0 Å². The Balaban J connectivity index is 1.81. The van der Waals surface area contributed by atoms with E-state index >= 15 is 0 Å². The van der Waals surface area contributed by atoms with Gasteiger partial charge in [0.1, 0.15) is 29.5 Å². The summed E-state index contributed by atoms with van der Waals surface area (Å²) in [5.41, 5.74) is 5.04. The van der Waals surface area contributed by atoms with Crippen LogP contribution in [0.5, 0.6) is 17.2 Å². The molecule has 0 saturated carbocycles. The van der Waals surface area contributed by atoms with Gasteiger partial charge < -0.3 is 19.3 Å². The SMILES string of the molecule is CCOc1cc(COc2ccc(CCC(=O)O)c(C)c2C)c2c(c1)CC(C)(C)O2. The summed E-state index contributed by atoms with van der Waals surface area (Å²) in [6, 6.07) is 7.94. The highest BCUT2D eigenvalue weighted by Crippen LogP contribution is 2.41. The van der Waals surface area contributed by atoms with Crippen LogP contribution in [0.25, 0.3) is 0 Å². The van der Waals surface area contributed by atoms with Crippen molar-refractivity contribution < 1.29 is 24.1 Å². The van der Waals surface area contributed by atoms with Crippen LogP contribution in [-0.4, -0.2) is 23.3 Å². The maximum atomic E-state index is 10.9. The molecule has 1 aliphatic rings. The van der Waals surface area contributed by atoms with Gasteiger partial charge in [0.15, 0.2) is 0 Å². The van der Waals surface area contributed by atoms with Gasteiger partial charge in [0.05, 0.1) is 6.61 Å². The third-order valence-corrected chi connectivity index (χ3v) is 5.36. The molecule has 0 amide bonds. The van der Waals surface area contributed by atoms with Crippen molar-refractivity contribution in [2.75, 3.05) is 6.61 Å². The van der Waals surface area contributed by atoms with Crippen molar-refractivity contribution in [1.29, 1.82) is 0 Å². The maximum Gasteiger partial charge on any atom is 0.303 e. The van der Waals surface area contributed by atoms with Gasteiger partial charge in [0.2, 0.25) is 0 Å². The molecule has 156 valence electrons. The minimum atomic E-state index is -0.784. The third-order valence-electron chi connectivity index (χ3n) is 5.36. The number of carboxylic acids is 1. The van der Waals surface area contributed by atoms with Crippen LogP contribution in [-0.2, 0) is 24.2 Å². The lowest BCUT2D eigenvalue weighted by molar-refractivity contribution is -0.136. The summed E-state index contributed by atoms with van der Waals surface area (Å²) < 4.78 is 18.1. The van der Waals surface area contributed by atoms with Gasteiger partial charge in [0.25, 0.3) is 0 Å². The number of aryl methyl sites for hydroxylation is 1. The number of fused-ring (bicyclic) bond motifs is 1. The molecule has 0 radical (unpaired) electrons. The van der Waals surface area contributed by atoms with E-state index in [0.29, 0.717) is 19.6 Å². The Kier molecular flexibility index (Phi) is 6.06. The molecule has 1 N–H and O–H groups in total. The summed E-state index contributed by atoms with van der Waals surface area (Å²) in [5.74, 6) is 1.75. The molecule has 0 aliphatic carbocycles. The van der Waals surface area contributed by atoms with Crippen LogP contribution in [0.1, 0.15) is 55.0 Å². The van der Waals surface area contributed by atoms with Crippen LogP contribution in [0.15, 0.2) is 24.3 Å². The molecule has 1 aliphatic heterocycles. The molecular weight excluding hydrogens is 368 g/mol. The van der Waals surface area contributed by atoms with Crippen molar-refractivity contribution in [3.8, 4) is 17.2 Å². The first-order valence-corrected chi connectivity index (χ1v) is 10.1. The van der Waals surface area contributed by atoms with E-state index in [1.807, 2.05) is 39.0 Å². The van der Waals surface area contributed by atoms with Gasteiger partial charge in [-0.1, -0.05) is 6.07 Å². The van der Waals surface area contributed by atoms with Gasteiger partial charge >= 0.3 is 5.97 Å².